The molecular weight excluding hydrogens is 511 g/mol. The molecule has 1 aromatic heterocycles. The van der Waals surface area contributed by atoms with Gasteiger partial charge >= 0.3 is 6.03 Å². The summed E-state index contributed by atoms with van der Waals surface area (Å²) in [6, 6.07) is 20.9. The summed E-state index contributed by atoms with van der Waals surface area (Å²) in [4.78, 5) is 25.8. The molecule has 188 valence electrons. The fourth-order valence-electron chi connectivity index (χ4n) is 4.12. The van der Waals surface area contributed by atoms with Gasteiger partial charge in [-0.1, -0.05) is 59.6 Å². The van der Waals surface area contributed by atoms with Crippen LogP contribution in [0.4, 0.5) is 10.5 Å². The second-order valence-electron chi connectivity index (χ2n) is 8.89. The lowest BCUT2D eigenvalue weighted by molar-refractivity contribution is 0.102. The Hall–Kier alpha value is -3.81. The predicted molar refractivity (Wildman–Crippen MR) is 145 cm³/mol. The summed E-state index contributed by atoms with van der Waals surface area (Å²) in [6.45, 7) is 0.472. The van der Waals surface area contributed by atoms with Gasteiger partial charge in [-0.05, 0) is 61.2 Å². The molecule has 1 heterocycles. The van der Waals surface area contributed by atoms with Crippen LogP contribution in [0.5, 0.6) is 5.75 Å². The lowest BCUT2D eigenvalue weighted by Crippen LogP contribution is -2.32. The maximum absolute atomic E-state index is 13.0. The molecule has 3 aromatic carbocycles. The molecule has 2 amide bonds. The highest BCUT2D eigenvalue weighted by Crippen LogP contribution is 2.42. The molecule has 0 spiro atoms. The first-order valence-electron chi connectivity index (χ1n) is 11.9. The monoisotopic (exact) mass is 534 g/mol. The Morgan fingerprint density at radius 2 is 1.70 bits per heavy atom. The number of hydrogen-bond donors (Lipinski definition) is 3. The van der Waals surface area contributed by atoms with Crippen molar-refractivity contribution in [3.05, 3.63) is 99.7 Å². The van der Waals surface area contributed by atoms with E-state index in [1.807, 2.05) is 36.4 Å². The molecule has 0 saturated heterocycles. The Kier molecular flexibility index (Phi) is 7.17. The Bertz CT molecular complexity index is 1450. The van der Waals surface area contributed by atoms with Crippen molar-refractivity contribution in [2.45, 2.75) is 25.2 Å². The second kappa shape index (κ2) is 10.7. The standard InChI is InChI=1S/C28H24Cl2N4O3/c29-21-7-4-8-22(30)26(21)27(36)32-19-11-12-25(35)20(15-19)23-16-24(18-9-10-18)34(33-23)28(37)31-14-13-17-5-2-1-3-6-17/h1-8,11-12,15-16,18,35H,9-10,13-14H2,(H,31,37)(H,32,36). The largest absolute Gasteiger partial charge is 0.507 e. The summed E-state index contributed by atoms with van der Waals surface area (Å²) in [6.07, 6.45) is 2.66. The van der Waals surface area contributed by atoms with Gasteiger partial charge in [0.15, 0.2) is 0 Å². The normalized spacial score (nSPS) is 12.8. The number of hydrogen-bond acceptors (Lipinski definition) is 4. The topological polar surface area (TPSA) is 96.2 Å². The molecule has 7 nitrogen and oxygen atoms in total. The first-order chi connectivity index (χ1) is 17.9. The van der Waals surface area contributed by atoms with Crippen LogP contribution in [0.2, 0.25) is 10.0 Å². The summed E-state index contributed by atoms with van der Waals surface area (Å²) < 4.78 is 1.38. The molecule has 0 radical (unpaired) electrons. The summed E-state index contributed by atoms with van der Waals surface area (Å²) >= 11 is 12.3. The molecule has 0 atom stereocenters. The molecule has 1 saturated carbocycles. The number of rotatable bonds is 7. The van der Waals surface area contributed by atoms with Crippen molar-refractivity contribution >= 4 is 40.8 Å². The lowest BCUT2D eigenvalue weighted by atomic mass is 10.1. The highest BCUT2D eigenvalue weighted by molar-refractivity contribution is 6.40. The van der Waals surface area contributed by atoms with E-state index < -0.39 is 5.91 Å². The number of phenolic OH excluding ortho intramolecular Hbond substituents is 1. The number of aromatic hydroxyl groups is 1. The summed E-state index contributed by atoms with van der Waals surface area (Å²) in [7, 11) is 0. The number of aromatic nitrogens is 2. The lowest BCUT2D eigenvalue weighted by Gasteiger charge is -2.10. The number of benzene rings is 3. The third kappa shape index (κ3) is 5.63. The minimum Gasteiger partial charge on any atom is -0.507 e. The minimum absolute atomic E-state index is 0.0229. The fourth-order valence-corrected chi connectivity index (χ4v) is 4.69. The number of halogens is 2. The summed E-state index contributed by atoms with van der Waals surface area (Å²) in [5.74, 6) is -0.256. The van der Waals surface area contributed by atoms with Crippen LogP contribution < -0.4 is 10.6 Å². The fraction of sp³-hybridized carbons (Fsp3) is 0.179. The molecule has 37 heavy (non-hydrogen) atoms. The molecule has 0 aliphatic heterocycles. The van der Waals surface area contributed by atoms with Crippen molar-refractivity contribution in [3.63, 3.8) is 0 Å². The van der Waals surface area contributed by atoms with Crippen LogP contribution in [0, 0.1) is 0 Å². The summed E-state index contributed by atoms with van der Waals surface area (Å²) in [5, 5.41) is 21.3. The number of nitrogens with one attached hydrogen (secondary N) is 2. The SMILES string of the molecule is O=C(Nc1ccc(O)c(-c2cc(C3CC3)n(C(=O)NCCc3ccccc3)n2)c1)c1c(Cl)cccc1Cl. The molecule has 5 rings (SSSR count). The van der Waals surface area contributed by atoms with E-state index in [2.05, 4.69) is 15.7 Å². The summed E-state index contributed by atoms with van der Waals surface area (Å²) in [5.41, 5.74) is 3.33. The molecule has 4 aromatic rings. The molecule has 1 fully saturated rings. The van der Waals surface area contributed by atoms with E-state index in [1.54, 1.807) is 30.3 Å². The average molecular weight is 535 g/mol. The van der Waals surface area contributed by atoms with E-state index in [9.17, 15) is 14.7 Å². The quantitative estimate of drug-likeness (QED) is 0.236. The molecule has 1 aliphatic rings. The van der Waals surface area contributed by atoms with Crippen molar-refractivity contribution < 1.29 is 14.7 Å². The van der Waals surface area contributed by atoms with Crippen LogP contribution in [0.25, 0.3) is 11.3 Å². The first kappa shape index (κ1) is 24.9. The number of carbonyl (C=O) groups excluding carboxylic acids is 2. The third-order valence-corrected chi connectivity index (χ3v) is 6.81. The zero-order valence-electron chi connectivity index (χ0n) is 19.7. The van der Waals surface area contributed by atoms with Gasteiger partial charge in [0.25, 0.3) is 5.91 Å². The van der Waals surface area contributed by atoms with Crippen LogP contribution in [-0.4, -0.2) is 33.4 Å². The van der Waals surface area contributed by atoms with Gasteiger partial charge in [-0.15, -0.1) is 0 Å². The maximum atomic E-state index is 13.0. The Balaban J connectivity index is 1.37. The average Bonchev–Trinajstić information content (AvgIpc) is 3.63. The van der Waals surface area contributed by atoms with Crippen LogP contribution in [0.15, 0.2) is 72.8 Å². The Morgan fingerprint density at radius 1 is 0.973 bits per heavy atom. The molecule has 1 aliphatic carbocycles. The van der Waals surface area contributed by atoms with Crippen molar-refractivity contribution in [2.24, 2.45) is 0 Å². The molecule has 9 heteroatoms. The van der Waals surface area contributed by atoms with Gasteiger partial charge in [0.2, 0.25) is 0 Å². The van der Waals surface area contributed by atoms with Crippen molar-refractivity contribution in [3.8, 4) is 17.0 Å². The van der Waals surface area contributed by atoms with Gasteiger partial charge in [-0.25, -0.2) is 4.79 Å². The van der Waals surface area contributed by atoms with Gasteiger partial charge in [0.1, 0.15) is 5.75 Å². The molecule has 0 unspecified atom stereocenters. The number of anilines is 1. The van der Waals surface area contributed by atoms with Crippen LogP contribution in [0.1, 0.15) is 40.4 Å². The van der Waals surface area contributed by atoms with Crippen LogP contribution >= 0.6 is 23.2 Å². The van der Waals surface area contributed by atoms with E-state index in [0.717, 1.165) is 24.1 Å². The van der Waals surface area contributed by atoms with Gasteiger partial charge in [0.05, 0.1) is 27.0 Å². The maximum Gasteiger partial charge on any atom is 0.342 e. The number of amides is 2. The smallest absolute Gasteiger partial charge is 0.342 e. The zero-order chi connectivity index (χ0) is 25.9. The molecule has 0 bridgehead atoms. The van der Waals surface area contributed by atoms with E-state index in [1.165, 1.54) is 10.7 Å². The highest BCUT2D eigenvalue weighted by Gasteiger charge is 2.31. The predicted octanol–water partition coefficient (Wildman–Crippen LogP) is 6.49. The molecule has 3 N–H and O–H groups in total. The third-order valence-electron chi connectivity index (χ3n) is 6.18. The van der Waals surface area contributed by atoms with E-state index in [4.69, 9.17) is 23.2 Å². The van der Waals surface area contributed by atoms with Gasteiger partial charge in [0, 0.05) is 23.7 Å². The highest BCUT2D eigenvalue weighted by atomic mass is 35.5. The van der Waals surface area contributed by atoms with Crippen molar-refractivity contribution in [1.82, 2.24) is 15.1 Å². The number of nitrogens with zero attached hydrogens (tertiary/aromatic N) is 2. The van der Waals surface area contributed by atoms with Crippen LogP contribution in [-0.2, 0) is 6.42 Å². The Labute approximate surface area is 224 Å². The Morgan fingerprint density at radius 3 is 2.41 bits per heavy atom. The van der Waals surface area contributed by atoms with E-state index >= 15 is 0 Å². The second-order valence-corrected chi connectivity index (χ2v) is 9.71. The molecular formula is C28H24Cl2N4O3. The minimum atomic E-state index is -0.478. The van der Waals surface area contributed by atoms with Crippen LogP contribution in [0.3, 0.4) is 0 Å². The number of carbonyl (C=O) groups is 2. The van der Waals surface area contributed by atoms with E-state index in [0.29, 0.717) is 29.9 Å². The van der Waals surface area contributed by atoms with Crippen molar-refractivity contribution in [1.29, 1.82) is 0 Å². The zero-order valence-corrected chi connectivity index (χ0v) is 21.3. The van der Waals surface area contributed by atoms with Gasteiger partial charge < -0.3 is 15.7 Å². The van der Waals surface area contributed by atoms with E-state index in [-0.39, 0.29) is 33.3 Å². The van der Waals surface area contributed by atoms with Crippen molar-refractivity contribution in [2.75, 3.05) is 11.9 Å². The van der Waals surface area contributed by atoms with Gasteiger partial charge in [-0.2, -0.15) is 9.78 Å². The number of phenols is 1. The van der Waals surface area contributed by atoms with Gasteiger partial charge in [-0.3, -0.25) is 4.79 Å². The first-order valence-corrected chi connectivity index (χ1v) is 12.7.